The Kier molecular flexibility index (Phi) is 85.4. The van der Waals surface area contributed by atoms with Gasteiger partial charge in [-0.1, -0.05) is 107 Å². The summed E-state index contributed by atoms with van der Waals surface area (Å²) in [5.74, 6) is 2.66. The number of nitrogens with one attached hydrogen (secondary N) is 2. The van der Waals surface area contributed by atoms with Crippen LogP contribution >= 0.6 is 11.8 Å². The summed E-state index contributed by atoms with van der Waals surface area (Å²) in [6.07, 6.45) is 16.4. The van der Waals surface area contributed by atoms with Gasteiger partial charge in [0, 0.05) is 135 Å². The monoisotopic (exact) mass is 1270 g/mol. The predicted octanol–water partition coefficient (Wildman–Crippen LogP) is 12.4. The number of ether oxygens (including phenoxy) is 2. The summed E-state index contributed by atoms with van der Waals surface area (Å²) in [4.78, 5) is 26.0. The second-order valence-corrected chi connectivity index (χ2v) is 26.9. The number of piperazine rings is 3. The maximum Gasteiger partial charge on any atom is 0.0678 e. The SMILES string of the molecule is C.C.C.C.C.C.C.C.C.C.CC1CN(C)C(C)CN1.CC1CN(C)CC(C)O1.CN1CCCC(C)(C)C1.CN1CCCC1.CN1CCCCC1.CN1CCCCCC1.CN1CCN(C)CC1.CN1CCNCC1.CN1CCOCC1.CN1CCSCC1. The Morgan fingerprint density at radius 3 is 0.966 bits per heavy atom. The van der Waals surface area contributed by atoms with E-state index in [0.717, 1.165) is 59.0 Å². The highest BCUT2D eigenvalue weighted by Gasteiger charge is 2.24. The lowest BCUT2D eigenvalue weighted by molar-refractivity contribution is -0.0602. The Hall–Kier alpha value is -0.250. The van der Waals surface area contributed by atoms with E-state index in [4.69, 9.17) is 9.47 Å². The molecule has 0 aromatic carbocycles. The molecule has 542 valence electrons. The van der Waals surface area contributed by atoms with Crippen LogP contribution in [-0.2, 0) is 9.47 Å². The van der Waals surface area contributed by atoms with Crippen molar-refractivity contribution in [3.8, 4) is 0 Å². The minimum atomic E-state index is 0. The number of morpholine rings is 2. The van der Waals surface area contributed by atoms with E-state index in [1.807, 2.05) is 0 Å². The van der Waals surface area contributed by atoms with Crippen LogP contribution in [0.1, 0.15) is 186 Å². The topological polar surface area (TPSA) is 78.2 Å². The molecule has 16 heteroatoms. The van der Waals surface area contributed by atoms with Gasteiger partial charge in [-0.05, 0) is 208 Å². The first-order valence-electron chi connectivity index (χ1n) is 31.4. The molecule has 0 radical (unpaired) electrons. The Morgan fingerprint density at radius 2 is 0.701 bits per heavy atom. The molecule has 10 heterocycles. The van der Waals surface area contributed by atoms with E-state index in [1.54, 1.807) is 0 Å². The lowest BCUT2D eigenvalue weighted by atomic mass is 9.84. The van der Waals surface area contributed by atoms with E-state index in [-0.39, 0.29) is 74.3 Å². The zero-order valence-corrected chi connectivity index (χ0v) is 55.3. The van der Waals surface area contributed by atoms with Gasteiger partial charge in [0.15, 0.2) is 0 Å². The second kappa shape index (κ2) is 68.6. The Balaban J connectivity index is -0.0000000936. The van der Waals surface area contributed by atoms with Gasteiger partial charge in [-0.15, -0.1) is 0 Å². The maximum absolute atomic E-state index is 5.51. The summed E-state index contributed by atoms with van der Waals surface area (Å²) in [5, 5.41) is 6.69. The Morgan fingerprint density at radius 1 is 0.368 bits per heavy atom. The summed E-state index contributed by atoms with van der Waals surface area (Å²) in [7, 11) is 23.9. The summed E-state index contributed by atoms with van der Waals surface area (Å²) >= 11 is 2.06. The van der Waals surface area contributed by atoms with Crippen molar-refractivity contribution in [1.29, 1.82) is 0 Å². The van der Waals surface area contributed by atoms with Crippen molar-refractivity contribution in [3.05, 3.63) is 0 Å². The van der Waals surface area contributed by atoms with E-state index in [9.17, 15) is 0 Å². The van der Waals surface area contributed by atoms with Gasteiger partial charge in [0.2, 0.25) is 0 Å². The number of rotatable bonds is 0. The van der Waals surface area contributed by atoms with E-state index in [2.05, 4.69) is 195 Å². The number of piperidine rings is 2. The fourth-order valence-electron chi connectivity index (χ4n) is 10.5. The quantitative estimate of drug-likeness (QED) is 0.241. The molecule has 0 bridgehead atoms. The molecule has 0 aromatic rings. The highest BCUT2D eigenvalue weighted by molar-refractivity contribution is 7.99. The van der Waals surface area contributed by atoms with Crippen LogP contribution in [0.25, 0.3) is 0 Å². The van der Waals surface area contributed by atoms with Crippen LogP contribution in [0, 0.1) is 5.41 Å². The lowest BCUT2D eigenvalue weighted by Gasteiger charge is -2.35. The zero-order chi connectivity index (χ0) is 57.3. The molecule has 0 aliphatic carbocycles. The molecule has 0 spiro atoms. The third-order valence-corrected chi connectivity index (χ3v) is 17.0. The van der Waals surface area contributed by atoms with Crippen molar-refractivity contribution in [2.45, 2.75) is 211 Å². The fraction of sp³-hybridized carbons (Fsp3) is 1.00. The average Bonchev–Trinajstić information content (AvgIpc) is 3.79. The minimum absolute atomic E-state index is 0. The maximum atomic E-state index is 5.51. The minimum Gasteiger partial charge on any atom is -0.379 e. The first-order valence-corrected chi connectivity index (χ1v) is 32.6. The highest BCUT2D eigenvalue weighted by Crippen LogP contribution is 2.27. The van der Waals surface area contributed by atoms with Crippen molar-refractivity contribution < 1.29 is 9.47 Å². The fourth-order valence-corrected chi connectivity index (χ4v) is 11.6. The van der Waals surface area contributed by atoms with Crippen LogP contribution in [-0.4, -0.2) is 338 Å². The standard InChI is InChI=1S/C8H17N.C7H16N2.C7H15NO.C7H15N.C6H14N2.C6H13N.C5H12N2.C5H11NO.C5H11NS.C5H11N.10CH4/c1-8(2)5-4-6-9(3)7-8;1-6-5-9(3)7(2)4-8-6;1-6-4-8(3)5-7(2)9-6;1-8-6-4-2-3-5-7-8;1-7-3-5-8(2)6-4-7;1-7-5-3-2-4-6-7;1-7-4-2-6-3-5-7;2*1-6-2-4-7-5-3-6;1-6-4-2-3-5-6;;;;;;;;;;/h4-7H2,1-3H3;6-8H,4-5H2,1-3H3;6-7H,4-5H2,1-3H3;2-7H2,1H3;3-6H2,1-2H3;2-6H2,1H3;6H,2-5H2,1H3;2*2-5H2,1H3;2-5H2,1H3;10*1H4. The molecule has 10 fully saturated rings. The first-order chi connectivity index (χ1) is 36.6. The lowest BCUT2D eigenvalue weighted by Crippen LogP contribution is -2.52. The van der Waals surface area contributed by atoms with Gasteiger partial charge in [-0.25, -0.2) is 0 Å². The molecule has 87 heavy (non-hydrogen) atoms. The molecule has 0 aromatic heterocycles. The van der Waals surface area contributed by atoms with Crippen molar-refractivity contribution in [3.63, 3.8) is 0 Å². The third-order valence-electron chi connectivity index (χ3n) is 16.0. The smallest absolute Gasteiger partial charge is 0.0678 e. The van der Waals surface area contributed by atoms with Crippen molar-refractivity contribution >= 4 is 11.8 Å². The van der Waals surface area contributed by atoms with Gasteiger partial charge < -0.3 is 74.0 Å². The van der Waals surface area contributed by atoms with Crippen LogP contribution < -0.4 is 10.6 Å². The summed E-state index contributed by atoms with van der Waals surface area (Å²) in [6, 6.07) is 1.38. The average molecular weight is 1280 g/mol. The molecule has 10 aliphatic heterocycles. The molecule has 0 amide bonds. The molecule has 0 saturated carbocycles. The highest BCUT2D eigenvalue weighted by atomic mass is 32.2. The molecule has 2 N–H and O–H groups in total. The van der Waals surface area contributed by atoms with Crippen LogP contribution in [0.2, 0.25) is 0 Å². The van der Waals surface area contributed by atoms with Crippen LogP contribution in [0.3, 0.4) is 0 Å². The number of nitrogens with zero attached hydrogens (tertiary/aromatic N) is 11. The first kappa shape index (κ1) is 108. The summed E-state index contributed by atoms with van der Waals surface area (Å²) < 4.78 is 10.6. The number of hydrogen-bond donors (Lipinski definition) is 2. The van der Waals surface area contributed by atoms with E-state index >= 15 is 0 Å². The molecule has 4 unspecified atom stereocenters. The van der Waals surface area contributed by atoms with Crippen LogP contribution in [0.15, 0.2) is 0 Å². The number of hydrogen-bond acceptors (Lipinski definition) is 16. The summed E-state index contributed by atoms with van der Waals surface area (Å²) in [5.41, 5.74) is 0.576. The van der Waals surface area contributed by atoms with Gasteiger partial charge in [0.1, 0.15) is 0 Å². The largest absolute Gasteiger partial charge is 0.379 e. The van der Waals surface area contributed by atoms with E-state index in [1.165, 1.54) is 193 Å². The second-order valence-electron chi connectivity index (χ2n) is 25.7. The van der Waals surface area contributed by atoms with Crippen LogP contribution in [0.4, 0.5) is 0 Å². The number of likely N-dealkylation sites (tertiary alicyclic amines) is 4. The molecule has 10 saturated heterocycles. The normalized spacial score (nSPS) is 25.6. The Labute approximate surface area is 558 Å². The molecule has 4 atom stereocenters. The number of thioether (sulfide) groups is 1. The molecular weight excluding hydrogens is 1100 g/mol. The molecule has 10 rings (SSSR count). The van der Waals surface area contributed by atoms with Crippen molar-refractivity contribution in [1.82, 2.24) is 64.5 Å². The summed E-state index contributed by atoms with van der Waals surface area (Å²) in [6.45, 7) is 44.6. The van der Waals surface area contributed by atoms with Gasteiger partial charge >= 0.3 is 0 Å². The van der Waals surface area contributed by atoms with Gasteiger partial charge in [0.25, 0.3) is 0 Å². The molecule has 15 nitrogen and oxygen atoms in total. The van der Waals surface area contributed by atoms with Gasteiger partial charge in [0.05, 0.1) is 25.4 Å². The van der Waals surface area contributed by atoms with E-state index < -0.39 is 0 Å². The Bertz CT molecular complexity index is 1170. The molecular formula is C71H175N13O2S. The van der Waals surface area contributed by atoms with Crippen molar-refractivity contribution in [2.75, 3.05) is 259 Å². The molecule has 10 aliphatic rings. The van der Waals surface area contributed by atoms with Gasteiger partial charge in [-0.2, -0.15) is 11.8 Å². The van der Waals surface area contributed by atoms with Gasteiger partial charge in [-0.3, -0.25) is 0 Å². The number of likely N-dealkylation sites (N-methyl/N-ethyl adjacent to an activating group) is 6. The van der Waals surface area contributed by atoms with Crippen LogP contribution in [0.5, 0.6) is 0 Å². The third kappa shape index (κ3) is 67.0. The van der Waals surface area contributed by atoms with E-state index in [0.29, 0.717) is 29.7 Å². The van der Waals surface area contributed by atoms with Crippen molar-refractivity contribution in [2.24, 2.45) is 5.41 Å². The zero-order valence-electron chi connectivity index (χ0n) is 54.5. The predicted molar refractivity (Wildman–Crippen MR) is 407 cm³/mol.